The molecule has 0 radical (unpaired) electrons. The summed E-state index contributed by atoms with van der Waals surface area (Å²) in [5, 5.41) is 19.1. The van der Waals surface area contributed by atoms with Gasteiger partial charge in [0.25, 0.3) is 10.0 Å². The molecule has 0 fully saturated rings. The summed E-state index contributed by atoms with van der Waals surface area (Å²) in [6.45, 7) is 4.11. The first-order valence-electron chi connectivity index (χ1n) is 8.74. The zero-order valence-electron chi connectivity index (χ0n) is 15.4. The van der Waals surface area contributed by atoms with Gasteiger partial charge in [0, 0.05) is 26.2 Å². The monoisotopic (exact) mass is 382 g/mol. The van der Waals surface area contributed by atoms with Crippen LogP contribution in [0.1, 0.15) is 30.8 Å². The van der Waals surface area contributed by atoms with Crippen LogP contribution >= 0.6 is 0 Å². The Kier molecular flexibility index (Phi) is 5.47. The van der Waals surface area contributed by atoms with E-state index in [1.807, 2.05) is 25.9 Å². The summed E-state index contributed by atoms with van der Waals surface area (Å²) in [5.41, 5.74) is 1.37. The minimum Gasteiger partial charge on any atom is -0.385 e. The average molecular weight is 382 g/mol. The summed E-state index contributed by atoms with van der Waals surface area (Å²) >= 11 is 0. The van der Waals surface area contributed by atoms with Crippen molar-refractivity contribution in [3.8, 4) is 0 Å². The number of hydrogen-bond donors (Lipinski definition) is 1. The summed E-state index contributed by atoms with van der Waals surface area (Å²) in [6.07, 6.45) is 1.47. The van der Waals surface area contributed by atoms with Crippen molar-refractivity contribution >= 4 is 10.0 Å². The summed E-state index contributed by atoms with van der Waals surface area (Å²) in [7, 11) is 0.133. The highest BCUT2D eigenvalue weighted by Crippen LogP contribution is 2.23. The van der Waals surface area contributed by atoms with Crippen LogP contribution in [0.15, 0.2) is 23.4 Å². The number of aryl methyl sites for hydroxylation is 2. The van der Waals surface area contributed by atoms with Crippen molar-refractivity contribution in [3.05, 3.63) is 29.7 Å². The van der Waals surface area contributed by atoms with Gasteiger partial charge in [-0.25, -0.2) is 8.42 Å². The molecule has 1 unspecified atom stereocenters. The van der Waals surface area contributed by atoms with Crippen molar-refractivity contribution in [3.63, 3.8) is 0 Å². The van der Waals surface area contributed by atoms with E-state index in [2.05, 4.69) is 10.2 Å². The van der Waals surface area contributed by atoms with Gasteiger partial charge < -0.3 is 10.0 Å². The Bertz CT molecular complexity index is 857. The molecule has 1 atom stereocenters. The minimum atomic E-state index is -3.64. The second-order valence-corrected chi connectivity index (χ2v) is 8.62. The lowest BCUT2D eigenvalue weighted by Crippen LogP contribution is -2.32. The van der Waals surface area contributed by atoms with Gasteiger partial charge in [0.2, 0.25) is 0 Å². The van der Waals surface area contributed by atoms with Crippen LogP contribution in [-0.2, 0) is 29.7 Å². The molecular formula is C16H26N6O3S. The highest BCUT2D eigenvalue weighted by Gasteiger charge is 2.30. The van der Waals surface area contributed by atoms with Crippen molar-refractivity contribution in [1.29, 1.82) is 0 Å². The molecule has 1 N–H and O–H groups in total. The Morgan fingerprint density at radius 2 is 2.12 bits per heavy atom. The van der Waals surface area contributed by atoms with Crippen LogP contribution in [0.2, 0.25) is 0 Å². The molecule has 3 heterocycles. The van der Waals surface area contributed by atoms with Crippen LogP contribution < -0.4 is 0 Å². The van der Waals surface area contributed by atoms with E-state index >= 15 is 0 Å². The second-order valence-electron chi connectivity index (χ2n) is 6.74. The van der Waals surface area contributed by atoms with Gasteiger partial charge >= 0.3 is 0 Å². The van der Waals surface area contributed by atoms with Gasteiger partial charge in [0.15, 0.2) is 5.03 Å². The molecule has 10 heteroatoms. The van der Waals surface area contributed by atoms with Crippen LogP contribution in [0.25, 0.3) is 0 Å². The Morgan fingerprint density at radius 3 is 2.81 bits per heavy atom. The third-order valence-corrected chi connectivity index (χ3v) is 6.33. The molecule has 3 rings (SSSR count). The molecule has 2 aromatic heterocycles. The van der Waals surface area contributed by atoms with Gasteiger partial charge in [-0.2, -0.15) is 14.5 Å². The molecule has 1 aliphatic heterocycles. The molecule has 0 spiro atoms. The zero-order valence-corrected chi connectivity index (χ0v) is 16.2. The summed E-state index contributed by atoms with van der Waals surface area (Å²) in [5.74, 6) is 0. The van der Waals surface area contributed by atoms with Crippen molar-refractivity contribution in [2.45, 2.75) is 44.1 Å². The highest BCUT2D eigenvalue weighted by atomic mass is 32.2. The highest BCUT2D eigenvalue weighted by molar-refractivity contribution is 7.89. The third kappa shape index (κ3) is 3.68. The van der Waals surface area contributed by atoms with E-state index in [9.17, 15) is 13.5 Å². The number of aromatic nitrogens is 4. The fourth-order valence-corrected chi connectivity index (χ4v) is 4.78. The summed E-state index contributed by atoms with van der Waals surface area (Å²) in [4.78, 5) is 1.89. The molecular weight excluding hydrogens is 356 g/mol. The maximum absolute atomic E-state index is 13.1. The fourth-order valence-electron chi connectivity index (χ4n) is 3.17. The number of rotatable bonds is 6. The molecule has 9 nitrogen and oxygen atoms in total. The quantitative estimate of drug-likeness (QED) is 0.771. The minimum absolute atomic E-state index is 0.209. The van der Waals surface area contributed by atoms with Crippen LogP contribution in [-0.4, -0.2) is 69.5 Å². The summed E-state index contributed by atoms with van der Waals surface area (Å²) < 4.78 is 30.9. The second kappa shape index (κ2) is 7.47. The van der Waals surface area contributed by atoms with E-state index in [1.54, 1.807) is 10.7 Å². The molecule has 0 saturated carbocycles. The van der Waals surface area contributed by atoms with Crippen molar-refractivity contribution < 1.29 is 13.5 Å². The molecule has 1 aliphatic rings. The van der Waals surface area contributed by atoms with Crippen molar-refractivity contribution in [2.24, 2.45) is 0 Å². The maximum atomic E-state index is 13.1. The molecule has 144 valence electrons. The summed E-state index contributed by atoms with van der Waals surface area (Å²) in [6, 6.07) is 3.34. The zero-order chi connectivity index (χ0) is 18.9. The van der Waals surface area contributed by atoms with Crippen molar-refractivity contribution in [2.75, 3.05) is 27.2 Å². The van der Waals surface area contributed by atoms with Gasteiger partial charge in [0.05, 0.1) is 24.1 Å². The molecule has 0 bridgehead atoms. The Morgan fingerprint density at radius 1 is 1.35 bits per heavy atom. The lowest BCUT2D eigenvalue weighted by Gasteiger charge is -2.20. The first-order valence-corrected chi connectivity index (χ1v) is 10.2. The number of sulfonamides is 1. The van der Waals surface area contributed by atoms with Crippen LogP contribution in [0.4, 0.5) is 0 Å². The van der Waals surface area contributed by atoms with Gasteiger partial charge in [-0.3, -0.25) is 9.36 Å². The van der Waals surface area contributed by atoms with E-state index < -0.39 is 16.1 Å². The number of hydrogen-bond acceptors (Lipinski definition) is 6. The fraction of sp³-hybridized carbons (Fsp3) is 0.625. The van der Waals surface area contributed by atoms with E-state index in [-0.39, 0.29) is 11.6 Å². The first-order chi connectivity index (χ1) is 12.3. The van der Waals surface area contributed by atoms with Gasteiger partial charge in [0.1, 0.15) is 6.10 Å². The third-order valence-electron chi connectivity index (χ3n) is 4.46. The van der Waals surface area contributed by atoms with Crippen LogP contribution in [0.5, 0.6) is 0 Å². The topological polar surface area (TPSA) is 96.5 Å². The number of aliphatic hydroxyl groups excluding tert-OH is 1. The Labute approximate surface area is 153 Å². The van der Waals surface area contributed by atoms with E-state index in [4.69, 9.17) is 0 Å². The molecule has 0 amide bonds. The molecule has 0 saturated heterocycles. The molecule has 2 aromatic rings. The lowest BCUT2D eigenvalue weighted by atomic mass is 10.2. The maximum Gasteiger partial charge on any atom is 0.260 e. The number of aliphatic hydroxyl groups is 1. The number of likely N-dealkylation sites (N-methyl/N-ethyl adjacent to an activating group) is 1. The van der Waals surface area contributed by atoms with E-state index in [0.717, 1.165) is 5.69 Å². The van der Waals surface area contributed by atoms with E-state index in [0.29, 0.717) is 38.3 Å². The predicted octanol–water partition coefficient (Wildman–Crippen LogP) is 0.289. The molecule has 26 heavy (non-hydrogen) atoms. The largest absolute Gasteiger partial charge is 0.385 e. The smallest absolute Gasteiger partial charge is 0.260 e. The molecule has 0 aromatic carbocycles. The number of nitrogens with zero attached hydrogens (tertiary/aromatic N) is 6. The van der Waals surface area contributed by atoms with Crippen LogP contribution in [0.3, 0.4) is 0 Å². The Balaban J connectivity index is 1.86. The van der Waals surface area contributed by atoms with E-state index in [1.165, 1.54) is 21.3 Å². The normalized spacial score (nSPS) is 17.3. The molecule has 0 aliphatic carbocycles. The lowest BCUT2D eigenvalue weighted by molar-refractivity contribution is 0.133. The average Bonchev–Trinajstić information content (AvgIpc) is 3.16. The first kappa shape index (κ1) is 19.0. The van der Waals surface area contributed by atoms with Gasteiger partial charge in [-0.15, -0.1) is 0 Å². The van der Waals surface area contributed by atoms with Gasteiger partial charge in [-0.05, 0) is 39.6 Å². The SMILES string of the molecule is CCn1nccc1S(=O)(=O)N1CCCn2nc(C(O)CN(C)C)cc2C1. The predicted molar refractivity (Wildman–Crippen MR) is 95.9 cm³/mol. The number of fused-ring (bicyclic) bond motifs is 1. The standard InChI is InChI=1S/C16H26N6O3S/c1-4-21-16(6-7-17-21)26(24,25)20-8-5-9-22-13(11-20)10-14(18-22)15(23)12-19(2)3/h6-7,10,15,23H,4-5,8-9,11-12H2,1-3H3. The van der Waals surface area contributed by atoms with Crippen molar-refractivity contribution in [1.82, 2.24) is 28.8 Å². The van der Waals surface area contributed by atoms with Crippen LogP contribution in [0, 0.1) is 0 Å². The van der Waals surface area contributed by atoms with Gasteiger partial charge in [-0.1, -0.05) is 0 Å². The Hall–Kier alpha value is -1.75.